The second kappa shape index (κ2) is 29.0. The Hall–Kier alpha value is -1.01. The molecule has 0 radical (unpaired) electrons. The van der Waals surface area contributed by atoms with Crippen LogP contribution in [0, 0.1) is 0 Å². The molecule has 9 nitrogen and oxygen atoms in total. The van der Waals surface area contributed by atoms with Gasteiger partial charge in [-0.2, -0.15) is 0 Å². The largest absolute Gasteiger partial charge is 0.631 e. The molecule has 0 bridgehead atoms. The lowest BCUT2D eigenvalue weighted by Crippen LogP contribution is -2.15. The van der Waals surface area contributed by atoms with Gasteiger partial charge in [-0.25, -0.2) is 0 Å². The lowest BCUT2D eigenvalue weighted by atomic mass is 10.1. The number of rotatable bonds is 17. The number of carboxylic acid groups (broad SMARTS) is 1. The number of carbonyl (C=O) groups is 1. The van der Waals surface area contributed by atoms with Crippen LogP contribution in [0.4, 0.5) is 0 Å². The summed E-state index contributed by atoms with van der Waals surface area (Å²) in [6.45, 7) is 1.47. The van der Waals surface area contributed by atoms with E-state index in [0.717, 1.165) is 51.4 Å². The van der Waals surface area contributed by atoms with Crippen LogP contribution in [0.1, 0.15) is 90.4 Å². The number of hydrogen-bond donors (Lipinski definition) is 8. The quantitative estimate of drug-likeness (QED) is 0.0919. The molecule has 0 saturated carbocycles. The summed E-state index contributed by atoms with van der Waals surface area (Å²) in [5.74, 6) is -0.689. The van der Waals surface area contributed by atoms with E-state index < -0.39 is 19.4 Å². The Balaban J connectivity index is -0.000000647. The normalized spacial score (nSPS) is 11.5. The molecule has 0 aromatic rings. The summed E-state index contributed by atoms with van der Waals surface area (Å²) in [5, 5.41) is 63.8. The van der Waals surface area contributed by atoms with Gasteiger partial charge in [-0.3, -0.25) is 4.79 Å². The van der Waals surface area contributed by atoms with E-state index in [1.54, 1.807) is 0 Å². The molecule has 0 heterocycles. The van der Waals surface area contributed by atoms with Crippen molar-refractivity contribution in [1.29, 1.82) is 0 Å². The van der Waals surface area contributed by atoms with E-state index >= 15 is 0 Å². The molecule has 0 saturated heterocycles. The molecule has 31 heavy (non-hydrogen) atoms. The Morgan fingerprint density at radius 1 is 0.806 bits per heavy atom. The van der Waals surface area contributed by atoms with Crippen molar-refractivity contribution in [1.82, 2.24) is 0 Å². The van der Waals surface area contributed by atoms with E-state index in [-0.39, 0.29) is 19.3 Å². The van der Waals surface area contributed by atoms with Crippen LogP contribution in [-0.4, -0.2) is 79.3 Å². The Bertz CT molecular complexity index is 375. The van der Waals surface area contributed by atoms with Crippen molar-refractivity contribution >= 4 is 13.3 Å². The maximum Gasteiger partial charge on any atom is 0.631 e. The first-order chi connectivity index (χ1) is 14.7. The average Bonchev–Trinajstić information content (AvgIpc) is 2.71. The number of unbranched alkanes of at least 4 members (excludes halogenated alkanes) is 8. The molecule has 186 valence electrons. The van der Waals surface area contributed by atoms with E-state index in [2.05, 4.69) is 19.1 Å². The summed E-state index contributed by atoms with van der Waals surface area (Å²) < 4.78 is 0. The first-order valence-corrected chi connectivity index (χ1v) is 11.2. The zero-order valence-electron chi connectivity index (χ0n) is 19.0. The molecule has 0 fully saturated rings. The van der Waals surface area contributed by atoms with Crippen molar-refractivity contribution < 1.29 is 45.4 Å². The Kier molecular flexibility index (Phi) is 32.4. The van der Waals surface area contributed by atoms with Gasteiger partial charge in [0.2, 0.25) is 0 Å². The zero-order valence-corrected chi connectivity index (χ0v) is 19.0. The molecule has 0 spiro atoms. The zero-order chi connectivity index (χ0) is 24.3. The highest BCUT2D eigenvalue weighted by Crippen LogP contribution is 2.10. The Morgan fingerprint density at radius 3 is 1.81 bits per heavy atom. The van der Waals surface area contributed by atoms with Gasteiger partial charge < -0.3 is 40.6 Å². The van der Waals surface area contributed by atoms with Crippen molar-refractivity contribution in [2.45, 2.75) is 103 Å². The molecule has 0 amide bonds. The smallest absolute Gasteiger partial charge is 0.481 e. The molecule has 1 unspecified atom stereocenters. The Labute approximate surface area is 187 Å². The van der Waals surface area contributed by atoms with Gasteiger partial charge in [-0.1, -0.05) is 64.0 Å². The van der Waals surface area contributed by atoms with Crippen LogP contribution in [0.25, 0.3) is 0 Å². The number of aliphatic carboxylic acids is 1. The molecule has 0 aromatic carbocycles. The highest BCUT2D eigenvalue weighted by Gasteiger charge is 2.00. The minimum absolute atomic E-state index is 0.172. The standard InChI is InChI=1S/C18H34O3.C3H8O3.BH3O3/c1-2-3-4-11-14-17(19)15-12-9-7-5-6-8-10-13-16-18(20)21;4-1-3(6)2-5;2-1(3)4/h9,12,17,19H,2-8,10-11,13-16H2,1H3,(H,20,21);3-6H,1-2H2;2-4H/b12-9-;;. The van der Waals surface area contributed by atoms with Gasteiger partial charge in [0.05, 0.1) is 19.3 Å². The van der Waals surface area contributed by atoms with Crippen molar-refractivity contribution in [3.63, 3.8) is 0 Å². The number of allylic oxidation sites excluding steroid dienone is 1. The van der Waals surface area contributed by atoms with Crippen molar-refractivity contribution in [2.75, 3.05) is 13.2 Å². The fourth-order valence-corrected chi connectivity index (χ4v) is 2.42. The summed E-state index contributed by atoms with van der Waals surface area (Å²) in [4.78, 5) is 10.3. The van der Waals surface area contributed by atoms with E-state index in [9.17, 15) is 9.90 Å². The van der Waals surface area contributed by atoms with Gasteiger partial charge in [0.1, 0.15) is 6.10 Å². The second-order valence-corrected chi connectivity index (χ2v) is 7.28. The molecule has 0 aromatic heterocycles. The van der Waals surface area contributed by atoms with Gasteiger partial charge in [0, 0.05) is 6.42 Å². The number of hydrogen-bond acceptors (Lipinski definition) is 8. The maximum atomic E-state index is 10.3. The Morgan fingerprint density at radius 2 is 1.32 bits per heavy atom. The fraction of sp³-hybridized carbons (Fsp3) is 0.857. The lowest BCUT2D eigenvalue weighted by molar-refractivity contribution is -0.137. The summed E-state index contributed by atoms with van der Waals surface area (Å²) in [6.07, 6.45) is 16.4. The predicted molar refractivity (Wildman–Crippen MR) is 121 cm³/mol. The van der Waals surface area contributed by atoms with Crippen molar-refractivity contribution in [3.05, 3.63) is 12.2 Å². The fourth-order valence-electron chi connectivity index (χ4n) is 2.42. The molecular weight excluding hydrogens is 407 g/mol. The first-order valence-electron chi connectivity index (χ1n) is 11.2. The van der Waals surface area contributed by atoms with Crippen LogP contribution < -0.4 is 0 Å². The monoisotopic (exact) mass is 452 g/mol. The molecule has 0 aliphatic carbocycles. The summed E-state index contributed by atoms with van der Waals surface area (Å²) in [6, 6.07) is 0. The number of carboxylic acids is 1. The van der Waals surface area contributed by atoms with E-state index in [4.69, 9.17) is 35.5 Å². The maximum absolute atomic E-state index is 10.3. The van der Waals surface area contributed by atoms with Crippen LogP contribution in [0.2, 0.25) is 0 Å². The topological polar surface area (TPSA) is 179 Å². The third-order valence-electron chi connectivity index (χ3n) is 4.15. The highest BCUT2D eigenvalue weighted by molar-refractivity contribution is 6.30. The molecule has 10 heteroatoms. The van der Waals surface area contributed by atoms with Gasteiger partial charge in [-0.15, -0.1) is 0 Å². The van der Waals surface area contributed by atoms with Crippen LogP contribution in [-0.2, 0) is 4.79 Å². The minimum Gasteiger partial charge on any atom is -0.481 e. The second-order valence-electron chi connectivity index (χ2n) is 7.28. The summed E-state index contributed by atoms with van der Waals surface area (Å²) in [5.41, 5.74) is 0. The van der Waals surface area contributed by atoms with Gasteiger partial charge in [-0.05, 0) is 32.1 Å². The number of aliphatic hydroxyl groups excluding tert-OH is 4. The van der Waals surface area contributed by atoms with Crippen LogP contribution >= 0.6 is 0 Å². The van der Waals surface area contributed by atoms with Crippen LogP contribution in [0.15, 0.2) is 12.2 Å². The van der Waals surface area contributed by atoms with Gasteiger partial charge in [0.15, 0.2) is 0 Å². The van der Waals surface area contributed by atoms with E-state index in [1.165, 1.54) is 25.7 Å². The minimum atomic E-state index is -2.17. The highest BCUT2D eigenvalue weighted by atomic mass is 16.5. The summed E-state index contributed by atoms with van der Waals surface area (Å²) >= 11 is 0. The molecule has 1 atom stereocenters. The predicted octanol–water partition coefficient (Wildman–Crippen LogP) is 1.36. The van der Waals surface area contributed by atoms with Gasteiger partial charge >= 0.3 is 13.3 Å². The third-order valence-corrected chi connectivity index (χ3v) is 4.15. The van der Waals surface area contributed by atoms with E-state index in [1.807, 2.05) is 0 Å². The lowest BCUT2D eigenvalue weighted by Gasteiger charge is -2.07. The van der Waals surface area contributed by atoms with E-state index in [0.29, 0.717) is 6.42 Å². The molecule has 0 aliphatic rings. The van der Waals surface area contributed by atoms with Crippen molar-refractivity contribution in [3.8, 4) is 0 Å². The molecule has 0 rings (SSSR count). The van der Waals surface area contributed by atoms with Crippen molar-refractivity contribution in [2.24, 2.45) is 0 Å². The molecular formula is C21H45BO9. The first kappa shape index (κ1) is 34.6. The third kappa shape index (κ3) is 43.7. The van der Waals surface area contributed by atoms with Crippen LogP contribution in [0.3, 0.4) is 0 Å². The van der Waals surface area contributed by atoms with Crippen LogP contribution in [0.5, 0.6) is 0 Å². The SMILES string of the molecule is CCCCCCC(O)C/C=C\CCCCCCCC(=O)O.OB(O)O.OCC(O)CO. The van der Waals surface area contributed by atoms with Gasteiger partial charge in [0.25, 0.3) is 0 Å². The molecule has 0 aliphatic heterocycles. The molecule has 8 N–H and O–H groups in total. The number of aliphatic hydroxyl groups is 4. The average molecular weight is 452 g/mol. The summed E-state index contributed by atoms with van der Waals surface area (Å²) in [7, 11) is -2.17.